The topological polar surface area (TPSA) is 58.6 Å². The monoisotopic (exact) mass is 609 g/mol. The molecule has 0 spiro atoms. The number of ether oxygens (including phenoxy) is 1. The normalized spacial score (nSPS) is 12.1. The molecule has 0 rings (SSSR count). The number of amides is 2. The SMILES string of the molecule is CCCCCCCC(C)(CCCCCCC)N(C(=O)CCC(=O)NCCOCC)C(C)(CCCCCC)CCCCCC. The maximum Gasteiger partial charge on any atom is 0.223 e. The number of hydrogen-bond acceptors (Lipinski definition) is 3. The molecule has 0 aliphatic heterocycles. The van der Waals surface area contributed by atoms with Crippen molar-refractivity contribution in [1.82, 2.24) is 10.2 Å². The molecule has 0 aliphatic carbocycles. The van der Waals surface area contributed by atoms with Crippen molar-refractivity contribution in [2.45, 2.75) is 214 Å². The molecule has 0 aromatic heterocycles. The van der Waals surface area contributed by atoms with E-state index in [9.17, 15) is 9.59 Å². The summed E-state index contributed by atoms with van der Waals surface area (Å²) in [5.41, 5.74) is -0.350. The summed E-state index contributed by atoms with van der Waals surface area (Å²) in [4.78, 5) is 29.6. The summed E-state index contributed by atoms with van der Waals surface area (Å²) in [5.74, 6) is 0.152. The van der Waals surface area contributed by atoms with E-state index in [0.717, 1.165) is 25.7 Å². The Bertz CT molecular complexity index is 640. The van der Waals surface area contributed by atoms with Crippen molar-refractivity contribution >= 4 is 11.8 Å². The zero-order chi connectivity index (χ0) is 32.2. The molecule has 0 saturated heterocycles. The third-order valence-corrected chi connectivity index (χ3v) is 9.44. The third kappa shape index (κ3) is 19.8. The lowest BCUT2D eigenvalue weighted by atomic mass is 9.78. The Kier molecular flexibility index (Phi) is 26.5. The maximum absolute atomic E-state index is 14.5. The zero-order valence-electron chi connectivity index (χ0n) is 30.3. The summed E-state index contributed by atoms with van der Waals surface area (Å²) >= 11 is 0. The van der Waals surface area contributed by atoms with Crippen LogP contribution in [0.2, 0.25) is 0 Å². The highest BCUT2D eigenvalue weighted by atomic mass is 16.5. The van der Waals surface area contributed by atoms with Crippen molar-refractivity contribution in [3.8, 4) is 0 Å². The molecule has 2 amide bonds. The van der Waals surface area contributed by atoms with Gasteiger partial charge in [0.15, 0.2) is 0 Å². The molecule has 0 atom stereocenters. The Balaban J connectivity index is 6.19. The molecule has 0 unspecified atom stereocenters. The quantitative estimate of drug-likeness (QED) is 0.0796. The minimum Gasteiger partial charge on any atom is -0.380 e. The second kappa shape index (κ2) is 27.2. The predicted octanol–water partition coefficient (Wildman–Crippen LogP) is 10.9. The van der Waals surface area contributed by atoms with Crippen LogP contribution in [-0.2, 0) is 14.3 Å². The second-order valence-electron chi connectivity index (χ2n) is 13.7. The lowest BCUT2D eigenvalue weighted by Gasteiger charge is -2.53. The Morgan fingerprint density at radius 2 is 0.930 bits per heavy atom. The van der Waals surface area contributed by atoms with Gasteiger partial charge in [-0.05, 0) is 46.5 Å². The van der Waals surface area contributed by atoms with Gasteiger partial charge in [0.2, 0.25) is 11.8 Å². The van der Waals surface area contributed by atoms with Gasteiger partial charge < -0.3 is 15.0 Å². The molecule has 43 heavy (non-hydrogen) atoms. The molecular formula is C38H76N2O3. The highest BCUT2D eigenvalue weighted by Crippen LogP contribution is 2.40. The van der Waals surface area contributed by atoms with E-state index in [-0.39, 0.29) is 29.3 Å². The Hall–Kier alpha value is -1.10. The van der Waals surface area contributed by atoms with E-state index in [2.05, 4.69) is 51.8 Å². The smallest absolute Gasteiger partial charge is 0.223 e. The fraction of sp³-hybridized carbons (Fsp3) is 0.947. The number of nitrogens with zero attached hydrogens (tertiary/aromatic N) is 1. The zero-order valence-corrected chi connectivity index (χ0v) is 30.3. The van der Waals surface area contributed by atoms with E-state index in [4.69, 9.17) is 4.74 Å². The molecule has 0 saturated carbocycles. The first-order valence-corrected chi connectivity index (χ1v) is 18.9. The molecular weight excluding hydrogens is 532 g/mol. The van der Waals surface area contributed by atoms with Crippen molar-refractivity contribution in [2.24, 2.45) is 0 Å². The van der Waals surface area contributed by atoms with E-state index in [1.54, 1.807) is 0 Å². The lowest BCUT2D eigenvalue weighted by Crippen LogP contribution is -2.61. The fourth-order valence-electron chi connectivity index (χ4n) is 6.86. The van der Waals surface area contributed by atoms with Crippen LogP contribution in [0.15, 0.2) is 0 Å². The molecule has 0 aliphatic rings. The summed E-state index contributed by atoms with van der Waals surface area (Å²) in [5, 5.41) is 2.96. The molecule has 0 heterocycles. The summed E-state index contributed by atoms with van der Waals surface area (Å²) in [7, 11) is 0. The average molecular weight is 609 g/mol. The van der Waals surface area contributed by atoms with Crippen LogP contribution in [0, 0.1) is 0 Å². The van der Waals surface area contributed by atoms with Crippen LogP contribution in [0.25, 0.3) is 0 Å². The molecule has 0 aromatic carbocycles. The van der Waals surface area contributed by atoms with Crippen molar-refractivity contribution < 1.29 is 14.3 Å². The van der Waals surface area contributed by atoms with Crippen LogP contribution in [0.5, 0.6) is 0 Å². The van der Waals surface area contributed by atoms with Gasteiger partial charge in [-0.1, -0.05) is 143 Å². The lowest BCUT2D eigenvalue weighted by molar-refractivity contribution is -0.150. The van der Waals surface area contributed by atoms with Gasteiger partial charge in [-0.15, -0.1) is 0 Å². The van der Waals surface area contributed by atoms with Gasteiger partial charge in [-0.2, -0.15) is 0 Å². The Morgan fingerprint density at radius 1 is 0.558 bits per heavy atom. The van der Waals surface area contributed by atoms with E-state index in [0.29, 0.717) is 26.2 Å². The van der Waals surface area contributed by atoms with E-state index >= 15 is 0 Å². The molecule has 0 fully saturated rings. The first-order chi connectivity index (χ1) is 20.7. The van der Waals surface area contributed by atoms with Gasteiger partial charge in [0.25, 0.3) is 0 Å². The largest absolute Gasteiger partial charge is 0.380 e. The van der Waals surface area contributed by atoms with E-state index < -0.39 is 0 Å². The summed E-state index contributed by atoms with van der Waals surface area (Å²) in [6.07, 6.45) is 27.1. The maximum atomic E-state index is 14.5. The van der Waals surface area contributed by atoms with Crippen molar-refractivity contribution in [1.29, 1.82) is 0 Å². The first kappa shape index (κ1) is 41.9. The minimum absolute atomic E-state index is 0.0403. The van der Waals surface area contributed by atoms with Crippen molar-refractivity contribution in [2.75, 3.05) is 19.8 Å². The van der Waals surface area contributed by atoms with Crippen LogP contribution in [0.3, 0.4) is 0 Å². The van der Waals surface area contributed by atoms with E-state index in [1.807, 2.05) is 6.92 Å². The van der Waals surface area contributed by atoms with Gasteiger partial charge in [-0.3, -0.25) is 9.59 Å². The minimum atomic E-state index is -0.175. The van der Waals surface area contributed by atoms with Gasteiger partial charge in [-0.25, -0.2) is 0 Å². The number of nitrogens with one attached hydrogen (secondary N) is 1. The molecule has 256 valence electrons. The predicted molar refractivity (Wildman–Crippen MR) is 187 cm³/mol. The molecule has 0 radical (unpaired) electrons. The van der Waals surface area contributed by atoms with Gasteiger partial charge in [0, 0.05) is 37.1 Å². The molecule has 0 bridgehead atoms. The summed E-state index contributed by atoms with van der Waals surface area (Å²) < 4.78 is 5.38. The molecule has 5 nitrogen and oxygen atoms in total. The summed E-state index contributed by atoms with van der Waals surface area (Å²) in [6.45, 7) is 17.5. The van der Waals surface area contributed by atoms with Gasteiger partial charge >= 0.3 is 0 Å². The first-order valence-electron chi connectivity index (χ1n) is 18.9. The average Bonchev–Trinajstić information content (AvgIpc) is 2.98. The fourth-order valence-corrected chi connectivity index (χ4v) is 6.86. The Morgan fingerprint density at radius 3 is 1.30 bits per heavy atom. The van der Waals surface area contributed by atoms with Crippen LogP contribution in [0.1, 0.15) is 203 Å². The number of unbranched alkanes of at least 4 members (excludes halogenated alkanes) is 14. The molecule has 1 N–H and O–H groups in total. The number of hydrogen-bond donors (Lipinski definition) is 1. The number of rotatable bonds is 31. The highest BCUT2D eigenvalue weighted by Gasteiger charge is 2.44. The highest BCUT2D eigenvalue weighted by molar-refractivity contribution is 5.84. The standard InChI is InChI=1S/C38H76N2O3/c1-8-13-17-21-25-31-38(7,32-26-22-18-14-9-2)40(36(42)28-27-35(41)39-33-34-43-12-5)37(6,29-23-19-15-10-3)30-24-20-16-11-4/h8-34H2,1-7H3,(H,39,41). The van der Waals surface area contributed by atoms with Crippen LogP contribution in [0.4, 0.5) is 0 Å². The van der Waals surface area contributed by atoms with Gasteiger partial charge in [0.05, 0.1) is 6.61 Å². The molecule has 0 aromatic rings. The van der Waals surface area contributed by atoms with Crippen molar-refractivity contribution in [3.05, 3.63) is 0 Å². The number of carbonyl (C=O) groups is 2. The van der Waals surface area contributed by atoms with Crippen LogP contribution >= 0.6 is 0 Å². The van der Waals surface area contributed by atoms with Crippen molar-refractivity contribution in [3.63, 3.8) is 0 Å². The Labute approximate surface area is 269 Å². The third-order valence-electron chi connectivity index (χ3n) is 9.44. The van der Waals surface area contributed by atoms with Crippen LogP contribution < -0.4 is 5.32 Å². The molecule has 5 heteroatoms. The number of carbonyl (C=O) groups excluding carboxylic acids is 2. The van der Waals surface area contributed by atoms with Gasteiger partial charge in [0.1, 0.15) is 0 Å². The second-order valence-corrected chi connectivity index (χ2v) is 13.7. The van der Waals surface area contributed by atoms with Crippen LogP contribution in [-0.4, -0.2) is 47.6 Å². The van der Waals surface area contributed by atoms with E-state index in [1.165, 1.54) is 116 Å². The summed E-state index contributed by atoms with van der Waals surface area (Å²) in [6, 6.07) is 0.